The lowest BCUT2D eigenvalue weighted by Gasteiger charge is -2.26. The summed E-state index contributed by atoms with van der Waals surface area (Å²) >= 11 is 0. The van der Waals surface area contributed by atoms with Crippen molar-refractivity contribution in [2.24, 2.45) is 0 Å². The first kappa shape index (κ1) is 17.4. The van der Waals surface area contributed by atoms with E-state index in [1.807, 2.05) is 0 Å². The van der Waals surface area contributed by atoms with Crippen LogP contribution >= 0.6 is 0 Å². The first-order valence-corrected chi connectivity index (χ1v) is 8.46. The molecule has 0 bridgehead atoms. The number of nitrogens with one attached hydrogen (secondary N) is 1. The lowest BCUT2D eigenvalue weighted by molar-refractivity contribution is -0.124. The molecule has 1 heterocycles. The number of rotatable bonds is 8. The molecule has 0 aromatic heterocycles. The molecule has 1 rings (SSSR count). The van der Waals surface area contributed by atoms with Crippen LogP contribution < -0.4 is 5.32 Å². The van der Waals surface area contributed by atoms with E-state index in [4.69, 9.17) is 9.84 Å². The van der Waals surface area contributed by atoms with E-state index < -0.39 is 15.4 Å². The van der Waals surface area contributed by atoms with E-state index in [9.17, 15) is 13.2 Å². The van der Waals surface area contributed by atoms with Crippen molar-refractivity contribution in [3.8, 4) is 0 Å². The highest BCUT2D eigenvalue weighted by atomic mass is 32.2. The van der Waals surface area contributed by atoms with Crippen LogP contribution in [0.4, 0.5) is 0 Å². The maximum absolute atomic E-state index is 12.0. The zero-order valence-electron chi connectivity index (χ0n) is 12.1. The van der Waals surface area contributed by atoms with Crippen LogP contribution in [0.2, 0.25) is 0 Å². The third-order valence-electron chi connectivity index (χ3n) is 3.34. The summed E-state index contributed by atoms with van der Waals surface area (Å²) in [7, 11) is -1.47. The van der Waals surface area contributed by atoms with Gasteiger partial charge in [0.1, 0.15) is 0 Å². The fraction of sp³-hybridized carbons (Fsp3) is 0.917. The van der Waals surface area contributed by atoms with Gasteiger partial charge in [-0.3, -0.25) is 9.69 Å². The van der Waals surface area contributed by atoms with Crippen LogP contribution in [0.15, 0.2) is 0 Å². The topological polar surface area (TPSA) is 95.9 Å². The zero-order valence-corrected chi connectivity index (χ0v) is 12.9. The quantitative estimate of drug-likeness (QED) is 0.574. The number of aliphatic hydroxyl groups excluding tert-OH is 1. The third-order valence-corrected chi connectivity index (χ3v) is 5.24. The molecule has 1 aliphatic rings. The normalized spacial score (nSPS) is 25.0. The number of hydrogen-bond acceptors (Lipinski definition) is 6. The van der Waals surface area contributed by atoms with Gasteiger partial charge in [0.25, 0.3) is 0 Å². The minimum absolute atomic E-state index is 0.0101. The Morgan fingerprint density at radius 2 is 2.15 bits per heavy atom. The predicted octanol–water partition coefficient (Wildman–Crippen LogP) is -1.38. The Kier molecular flexibility index (Phi) is 6.38. The highest BCUT2D eigenvalue weighted by molar-refractivity contribution is 7.91. The number of amides is 1. The number of hydrogen-bond donors (Lipinski definition) is 2. The van der Waals surface area contributed by atoms with Crippen molar-refractivity contribution >= 4 is 15.7 Å². The predicted molar refractivity (Wildman–Crippen MR) is 75.2 cm³/mol. The van der Waals surface area contributed by atoms with Crippen molar-refractivity contribution in [2.75, 3.05) is 51.5 Å². The van der Waals surface area contributed by atoms with Gasteiger partial charge < -0.3 is 15.2 Å². The van der Waals surface area contributed by atoms with Crippen LogP contribution in [0, 0.1) is 0 Å². The summed E-state index contributed by atoms with van der Waals surface area (Å²) in [6.45, 7) is 3.23. The van der Waals surface area contributed by atoms with Gasteiger partial charge in [-0.2, -0.15) is 0 Å². The summed E-state index contributed by atoms with van der Waals surface area (Å²) in [5.74, 6) is -0.119. The fourth-order valence-corrected chi connectivity index (χ4v) is 4.41. The second-order valence-electron chi connectivity index (χ2n) is 5.44. The minimum Gasteiger partial charge on any atom is -0.395 e. The van der Waals surface area contributed by atoms with Gasteiger partial charge in [-0.25, -0.2) is 8.42 Å². The largest absolute Gasteiger partial charge is 0.395 e. The van der Waals surface area contributed by atoms with E-state index in [-0.39, 0.29) is 30.6 Å². The SMILES string of the molecule is COCCN(CCO)CC(=O)NC1(C)CCS(=O)(=O)C1. The Balaban J connectivity index is 2.49. The molecular formula is C12H24N2O5S. The molecule has 1 unspecified atom stereocenters. The van der Waals surface area contributed by atoms with Gasteiger partial charge in [0.15, 0.2) is 9.84 Å². The van der Waals surface area contributed by atoms with Crippen molar-refractivity contribution in [3.63, 3.8) is 0 Å². The van der Waals surface area contributed by atoms with Gasteiger partial charge in [-0.1, -0.05) is 0 Å². The second-order valence-corrected chi connectivity index (χ2v) is 7.63. The second kappa shape index (κ2) is 7.35. The molecule has 0 aromatic rings. The van der Waals surface area contributed by atoms with Crippen molar-refractivity contribution in [1.82, 2.24) is 10.2 Å². The molecule has 1 aliphatic heterocycles. The van der Waals surface area contributed by atoms with Gasteiger partial charge in [0.2, 0.25) is 5.91 Å². The smallest absolute Gasteiger partial charge is 0.234 e. The maximum Gasteiger partial charge on any atom is 0.234 e. The highest BCUT2D eigenvalue weighted by Crippen LogP contribution is 2.22. The van der Waals surface area contributed by atoms with Crippen LogP contribution in [-0.2, 0) is 19.4 Å². The van der Waals surface area contributed by atoms with Crippen molar-refractivity contribution in [2.45, 2.75) is 18.9 Å². The summed E-state index contributed by atoms with van der Waals surface area (Å²) < 4.78 is 27.9. The van der Waals surface area contributed by atoms with Gasteiger partial charge in [-0.05, 0) is 13.3 Å². The monoisotopic (exact) mass is 308 g/mol. The molecule has 0 saturated carbocycles. The zero-order chi connectivity index (χ0) is 15.2. The van der Waals surface area contributed by atoms with Crippen LogP contribution in [0.5, 0.6) is 0 Å². The van der Waals surface area contributed by atoms with Crippen LogP contribution in [0.1, 0.15) is 13.3 Å². The van der Waals surface area contributed by atoms with Gasteiger partial charge >= 0.3 is 0 Å². The molecule has 1 atom stereocenters. The van der Waals surface area contributed by atoms with E-state index in [1.54, 1.807) is 18.9 Å². The van der Waals surface area contributed by atoms with Gasteiger partial charge in [-0.15, -0.1) is 0 Å². The van der Waals surface area contributed by atoms with E-state index in [2.05, 4.69) is 5.32 Å². The summed E-state index contributed by atoms with van der Waals surface area (Å²) in [6.07, 6.45) is 0.444. The number of aliphatic hydroxyl groups is 1. The van der Waals surface area contributed by atoms with Crippen LogP contribution in [0.3, 0.4) is 0 Å². The number of ether oxygens (including phenoxy) is 1. The first-order valence-electron chi connectivity index (χ1n) is 6.64. The number of sulfone groups is 1. The number of carbonyl (C=O) groups is 1. The lowest BCUT2D eigenvalue weighted by atomic mass is 10.0. The molecule has 0 radical (unpaired) electrons. The summed E-state index contributed by atoms with van der Waals surface area (Å²) in [4.78, 5) is 13.8. The molecule has 1 saturated heterocycles. The average molecular weight is 308 g/mol. The van der Waals surface area contributed by atoms with Crippen molar-refractivity contribution in [1.29, 1.82) is 0 Å². The van der Waals surface area contributed by atoms with Gasteiger partial charge in [0, 0.05) is 20.2 Å². The molecule has 0 spiro atoms. The summed E-state index contributed by atoms with van der Waals surface area (Å²) in [5, 5.41) is 11.8. The highest BCUT2D eigenvalue weighted by Gasteiger charge is 2.39. The summed E-state index contributed by atoms with van der Waals surface area (Å²) in [5.41, 5.74) is -0.679. The number of carbonyl (C=O) groups excluding carboxylic acids is 1. The minimum atomic E-state index is -3.04. The molecule has 8 heteroatoms. The molecule has 0 aromatic carbocycles. The van der Waals surface area contributed by atoms with Crippen molar-refractivity contribution in [3.05, 3.63) is 0 Å². The summed E-state index contributed by atoms with van der Waals surface area (Å²) in [6, 6.07) is 0. The standard InChI is InChI=1S/C12H24N2O5S/c1-12(3-8-20(17,18)10-12)13-11(16)9-14(4-6-15)5-7-19-2/h15H,3-10H2,1-2H3,(H,13,16). The van der Waals surface area contributed by atoms with Gasteiger partial charge in [0.05, 0.1) is 36.8 Å². The Hall–Kier alpha value is -0.700. The number of methoxy groups -OCH3 is 1. The molecular weight excluding hydrogens is 284 g/mol. The van der Waals surface area contributed by atoms with Crippen LogP contribution in [0.25, 0.3) is 0 Å². The maximum atomic E-state index is 12.0. The molecule has 7 nitrogen and oxygen atoms in total. The molecule has 118 valence electrons. The Labute approximate surface area is 120 Å². The average Bonchev–Trinajstić information content (AvgIpc) is 2.60. The van der Waals surface area contributed by atoms with E-state index in [0.29, 0.717) is 26.1 Å². The van der Waals surface area contributed by atoms with E-state index >= 15 is 0 Å². The molecule has 1 fully saturated rings. The lowest BCUT2D eigenvalue weighted by Crippen LogP contribution is -2.51. The van der Waals surface area contributed by atoms with Crippen molar-refractivity contribution < 1.29 is 23.1 Å². The number of nitrogens with zero attached hydrogens (tertiary/aromatic N) is 1. The molecule has 1 amide bonds. The fourth-order valence-electron chi connectivity index (χ4n) is 2.32. The van der Waals surface area contributed by atoms with Crippen LogP contribution in [-0.4, -0.2) is 81.3 Å². The Morgan fingerprint density at radius 3 is 2.65 bits per heavy atom. The van der Waals surface area contributed by atoms with E-state index in [1.165, 1.54) is 0 Å². The molecule has 0 aliphatic carbocycles. The third kappa shape index (κ3) is 5.74. The molecule has 20 heavy (non-hydrogen) atoms. The molecule has 2 N–H and O–H groups in total. The Bertz CT molecular complexity index is 426. The van der Waals surface area contributed by atoms with E-state index in [0.717, 1.165) is 0 Å². The Morgan fingerprint density at radius 1 is 1.45 bits per heavy atom. The first-order chi connectivity index (χ1) is 9.30.